The molecule has 0 heterocycles. The molecule has 1 aromatic carbocycles. The third kappa shape index (κ3) is 5.00. The van der Waals surface area contributed by atoms with Gasteiger partial charge in [-0.25, -0.2) is 8.42 Å². The summed E-state index contributed by atoms with van der Waals surface area (Å²) in [6, 6.07) is 8.80. The topological polar surface area (TPSA) is 89.3 Å². The van der Waals surface area contributed by atoms with Crippen molar-refractivity contribution in [3.63, 3.8) is 0 Å². The molecule has 1 rings (SSSR count). The Morgan fingerprint density at radius 1 is 1.26 bits per heavy atom. The van der Waals surface area contributed by atoms with Crippen LogP contribution in [0.3, 0.4) is 0 Å². The molecule has 5 nitrogen and oxygen atoms in total. The van der Waals surface area contributed by atoms with E-state index >= 15 is 0 Å². The minimum Gasteiger partial charge on any atom is -0.330 e. The molecule has 0 saturated carbocycles. The Kier molecular flexibility index (Phi) is 5.98. The van der Waals surface area contributed by atoms with Crippen molar-refractivity contribution in [2.45, 2.75) is 25.0 Å². The van der Waals surface area contributed by atoms with Gasteiger partial charge in [0.25, 0.3) is 0 Å². The van der Waals surface area contributed by atoms with Gasteiger partial charge in [0.15, 0.2) is 9.84 Å². The lowest BCUT2D eigenvalue weighted by Crippen LogP contribution is -2.34. The number of nitrogens with two attached hydrogens (primary N) is 1. The number of amides is 1. The van der Waals surface area contributed by atoms with Crippen LogP contribution >= 0.6 is 0 Å². The highest BCUT2D eigenvalue weighted by molar-refractivity contribution is 7.92. The van der Waals surface area contributed by atoms with E-state index in [-0.39, 0.29) is 5.75 Å². The first kappa shape index (κ1) is 15.7. The molecular weight excluding hydrogens is 264 g/mol. The van der Waals surface area contributed by atoms with Crippen LogP contribution in [0.5, 0.6) is 0 Å². The average Bonchev–Trinajstić information content (AvgIpc) is 2.39. The molecular formula is C13H20N2O3S. The van der Waals surface area contributed by atoms with Gasteiger partial charge in [0, 0.05) is 5.69 Å². The van der Waals surface area contributed by atoms with E-state index in [0.29, 0.717) is 25.1 Å². The van der Waals surface area contributed by atoms with Gasteiger partial charge in [-0.1, -0.05) is 18.2 Å². The fourth-order valence-electron chi connectivity index (χ4n) is 1.55. The van der Waals surface area contributed by atoms with Gasteiger partial charge in [-0.15, -0.1) is 0 Å². The Morgan fingerprint density at radius 2 is 1.89 bits per heavy atom. The minimum absolute atomic E-state index is 0.00637. The molecule has 19 heavy (non-hydrogen) atoms. The molecule has 0 radical (unpaired) electrons. The molecule has 0 aliphatic rings. The molecule has 1 atom stereocenters. The number of anilines is 1. The van der Waals surface area contributed by atoms with Gasteiger partial charge in [0.2, 0.25) is 5.91 Å². The fraction of sp³-hybridized carbons (Fsp3) is 0.462. The molecule has 0 aliphatic carbocycles. The molecule has 0 spiro atoms. The number of para-hydroxylation sites is 1. The largest absolute Gasteiger partial charge is 0.330 e. The van der Waals surface area contributed by atoms with Crippen molar-refractivity contribution >= 4 is 21.4 Å². The lowest BCUT2D eigenvalue weighted by molar-refractivity contribution is -0.115. The number of benzene rings is 1. The van der Waals surface area contributed by atoms with Gasteiger partial charge < -0.3 is 11.1 Å². The zero-order valence-electron chi connectivity index (χ0n) is 11.0. The Bertz CT molecular complexity index is 500. The second-order valence-electron chi connectivity index (χ2n) is 4.36. The number of hydrogen-bond donors (Lipinski definition) is 2. The van der Waals surface area contributed by atoms with Crippen molar-refractivity contribution in [1.29, 1.82) is 0 Å². The van der Waals surface area contributed by atoms with Gasteiger partial charge in [-0.3, -0.25) is 4.79 Å². The van der Waals surface area contributed by atoms with E-state index in [0.717, 1.165) is 0 Å². The summed E-state index contributed by atoms with van der Waals surface area (Å²) in [5, 5.41) is 1.54. The molecule has 0 bridgehead atoms. The number of unbranched alkanes of at least 4 members (excludes halogenated alkanes) is 1. The average molecular weight is 284 g/mol. The molecule has 1 amide bonds. The predicted octanol–water partition coefficient (Wildman–Crippen LogP) is 1.17. The van der Waals surface area contributed by atoms with Crippen molar-refractivity contribution in [2.24, 2.45) is 5.73 Å². The Balaban J connectivity index is 2.61. The summed E-state index contributed by atoms with van der Waals surface area (Å²) in [7, 11) is -3.42. The normalized spacial score (nSPS) is 12.9. The van der Waals surface area contributed by atoms with Crippen molar-refractivity contribution in [3.8, 4) is 0 Å². The van der Waals surface area contributed by atoms with E-state index in [1.807, 2.05) is 6.07 Å². The van der Waals surface area contributed by atoms with Gasteiger partial charge >= 0.3 is 0 Å². The van der Waals surface area contributed by atoms with E-state index in [2.05, 4.69) is 5.32 Å². The van der Waals surface area contributed by atoms with E-state index in [4.69, 9.17) is 5.73 Å². The predicted molar refractivity (Wildman–Crippen MR) is 76.6 cm³/mol. The van der Waals surface area contributed by atoms with E-state index in [1.165, 1.54) is 6.92 Å². The maximum absolute atomic E-state index is 11.9. The summed E-state index contributed by atoms with van der Waals surface area (Å²) in [6.45, 7) is 1.87. The summed E-state index contributed by atoms with van der Waals surface area (Å²) in [5.74, 6) is -0.507. The van der Waals surface area contributed by atoms with Crippen LogP contribution in [0, 0.1) is 0 Å². The summed E-state index contributed by atoms with van der Waals surface area (Å²) >= 11 is 0. The van der Waals surface area contributed by atoms with Crippen LogP contribution in [-0.4, -0.2) is 31.9 Å². The van der Waals surface area contributed by atoms with Gasteiger partial charge in [-0.05, 0) is 38.4 Å². The highest BCUT2D eigenvalue weighted by atomic mass is 32.2. The van der Waals surface area contributed by atoms with Crippen LogP contribution in [0.25, 0.3) is 0 Å². The van der Waals surface area contributed by atoms with Crippen LogP contribution in [0.4, 0.5) is 5.69 Å². The van der Waals surface area contributed by atoms with Gasteiger partial charge in [-0.2, -0.15) is 0 Å². The molecule has 0 saturated heterocycles. The first-order chi connectivity index (χ1) is 8.97. The van der Waals surface area contributed by atoms with Gasteiger partial charge in [0.1, 0.15) is 5.25 Å². The SMILES string of the molecule is CC(C(=O)Nc1ccccc1)S(=O)(=O)CCCCN. The number of rotatable bonds is 7. The Labute approximate surface area is 114 Å². The summed E-state index contributed by atoms with van der Waals surface area (Å²) < 4.78 is 23.9. The first-order valence-electron chi connectivity index (χ1n) is 6.25. The highest BCUT2D eigenvalue weighted by Gasteiger charge is 2.27. The third-order valence-corrected chi connectivity index (χ3v) is 4.98. The fourth-order valence-corrected chi connectivity index (χ4v) is 2.90. The molecule has 0 aliphatic heterocycles. The van der Waals surface area contributed by atoms with Crippen LogP contribution in [0.2, 0.25) is 0 Å². The minimum atomic E-state index is -3.42. The van der Waals surface area contributed by atoms with Gasteiger partial charge in [0.05, 0.1) is 5.75 Å². The van der Waals surface area contributed by atoms with E-state index < -0.39 is 21.0 Å². The molecule has 0 fully saturated rings. The number of carbonyl (C=O) groups excluding carboxylic acids is 1. The van der Waals surface area contributed by atoms with Crippen LogP contribution < -0.4 is 11.1 Å². The Morgan fingerprint density at radius 3 is 2.47 bits per heavy atom. The monoisotopic (exact) mass is 284 g/mol. The number of sulfone groups is 1. The van der Waals surface area contributed by atoms with Crippen molar-refractivity contribution < 1.29 is 13.2 Å². The van der Waals surface area contributed by atoms with E-state index in [1.54, 1.807) is 24.3 Å². The number of carbonyl (C=O) groups is 1. The number of hydrogen-bond acceptors (Lipinski definition) is 4. The molecule has 1 aromatic rings. The lowest BCUT2D eigenvalue weighted by atomic mass is 10.3. The zero-order valence-corrected chi connectivity index (χ0v) is 11.8. The van der Waals surface area contributed by atoms with Crippen molar-refractivity contribution in [2.75, 3.05) is 17.6 Å². The molecule has 106 valence electrons. The molecule has 0 aromatic heterocycles. The van der Waals surface area contributed by atoms with Crippen LogP contribution in [0.1, 0.15) is 19.8 Å². The quantitative estimate of drug-likeness (QED) is 0.735. The summed E-state index contributed by atoms with van der Waals surface area (Å²) in [6.07, 6.45) is 1.13. The highest BCUT2D eigenvalue weighted by Crippen LogP contribution is 2.10. The van der Waals surface area contributed by atoms with Crippen molar-refractivity contribution in [3.05, 3.63) is 30.3 Å². The summed E-state index contributed by atoms with van der Waals surface area (Å²) in [5.41, 5.74) is 5.92. The zero-order chi connectivity index (χ0) is 14.3. The second kappa shape index (κ2) is 7.25. The lowest BCUT2D eigenvalue weighted by Gasteiger charge is -2.13. The number of nitrogens with one attached hydrogen (secondary N) is 1. The first-order valence-corrected chi connectivity index (χ1v) is 7.96. The maximum Gasteiger partial charge on any atom is 0.242 e. The van der Waals surface area contributed by atoms with Crippen molar-refractivity contribution in [1.82, 2.24) is 0 Å². The smallest absolute Gasteiger partial charge is 0.242 e. The van der Waals surface area contributed by atoms with Crippen LogP contribution in [-0.2, 0) is 14.6 Å². The second-order valence-corrected chi connectivity index (χ2v) is 6.80. The van der Waals surface area contributed by atoms with Crippen LogP contribution in [0.15, 0.2) is 30.3 Å². The van der Waals surface area contributed by atoms with E-state index in [9.17, 15) is 13.2 Å². The summed E-state index contributed by atoms with van der Waals surface area (Å²) in [4.78, 5) is 11.9. The Hall–Kier alpha value is -1.40. The molecule has 3 N–H and O–H groups in total. The molecule has 6 heteroatoms. The molecule has 1 unspecified atom stereocenters. The standard InChI is InChI=1S/C13H20N2O3S/c1-11(19(17,18)10-6-5-9-14)13(16)15-12-7-3-2-4-8-12/h2-4,7-8,11H,5-6,9-10,14H2,1H3,(H,15,16). The third-order valence-electron chi connectivity index (χ3n) is 2.83. The maximum atomic E-state index is 11.9.